The summed E-state index contributed by atoms with van der Waals surface area (Å²) in [5.74, 6) is 1.05. The van der Waals surface area contributed by atoms with Crippen LogP contribution in [0.15, 0.2) is 24.7 Å². The third-order valence-electron chi connectivity index (χ3n) is 1.89. The zero-order valence-corrected chi connectivity index (χ0v) is 9.55. The fourth-order valence-electron chi connectivity index (χ4n) is 1.25. The quantitative estimate of drug-likeness (QED) is 0.768. The average molecular weight is 239 g/mol. The summed E-state index contributed by atoms with van der Waals surface area (Å²) in [4.78, 5) is 7.69. The number of halogens is 1. The lowest BCUT2D eigenvalue weighted by molar-refractivity contribution is 0.460. The van der Waals surface area contributed by atoms with Crippen LogP contribution in [-0.2, 0) is 6.54 Å². The van der Waals surface area contributed by atoms with Gasteiger partial charge in [-0.15, -0.1) is 0 Å². The van der Waals surface area contributed by atoms with Crippen LogP contribution >= 0.6 is 11.6 Å². The summed E-state index contributed by atoms with van der Waals surface area (Å²) in [6.07, 6.45) is 6.03. The summed E-state index contributed by atoms with van der Waals surface area (Å²) < 4.78 is 7.28. The lowest BCUT2D eigenvalue weighted by Gasteiger charge is -2.00. The summed E-state index contributed by atoms with van der Waals surface area (Å²) in [7, 11) is 0. The van der Waals surface area contributed by atoms with Gasteiger partial charge in [-0.3, -0.25) is 4.68 Å². The van der Waals surface area contributed by atoms with Gasteiger partial charge < -0.3 is 4.74 Å². The Kier molecular flexibility index (Phi) is 3.36. The zero-order valence-electron chi connectivity index (χ0n) is 8.80. The minimum atomic E-state index is 0.165. The van der Waals surface area contributed by atoms with E-state index in [0.29, 0.717) is 11.6 Å². The van der Waals surface area contributed by atoms with Crippen molar-refractivity contribution in [3.8, 4) is 11.6 Å². The van der Waals surface area contributed by atoms with Gasteiger partial charge in [0.15, 0.2) is 5.75 Å². The molecule has 84 valence electrons. The summed E-state index contributed by atoms with van der Waals surface area (Å²) >= 11 is 5.64. The van der Waals surface area contributed by atoms with E-state index < -0.39 is 0 Å². The Morgan fingerprint density at radius 1 is 1.50 bits per heavy atom. The van der Waals surface area contributed by atoms with Crippen molar-refractivity contribution in [2.45, 2.75) is 19.9 Å². The second-order valence-electron chi connectivity index (χ2n) is 3.21. The molecule has 0 aliphatic heterocycles. The highest BCUT2D eigenvalue weighted by Crippen LogP contribution is 2.18. The maximum atomic E-state index is 5.64. The fourth-order valence-corrected chi connectivity index (χ4v) is 1.39. The first-order valence-electron chi connectivity index (χ1n) is 4.97. The Labute approximate surface area is 98.0 Å². The first kappa shape index (κ1) is 10.9. The average Bonchev–Trinajstić information content (AvgIpc) is 2.66. The minimum absolute atomic E-state index is 0.165. The maximum Gasteiger partial charge on any atom is 0.225 e. The van der Waals surface area contributed by atoms with E-state index in [4.69, 9.17) is 16.3 Å². The van der Waals surface area contributed by atoms with E-state index in [1.807, 2.05) is 10.9 Å². The standard InChI is InChI=1S/C10H11ClN4O/c1-2-5-15-7-8(6-13-15)16-9-3-4-12-10(11)14-9/h3-4,6-7H,2,5H2,1H3. The molecule has 0 N–H and O–H groups in total. The SMILES string of the molecule is CCCn1cc(Oc2ccnc(Cl)n2)cn1. The van der Waals surface area contributed by atoms with Crippen LogP contribution in [-0.4, -0.2) is 19.7 Å². The molecule has 2 aromatic heterocycles. The largest absolute Gasteiger partial charge is 0.436 e. The Morgan fingerprint density at radius 3 is 3.12 bits per heavy atom. The zero-order chi connectivity index (χ0) is 11.4. The molecule has 0 radical (unpaired) electrons. The molecule has 2 heterocycles. The highest BCUT2D eigenvalue weighted by molar-refractivity contribution is 6.28. The topological polar surface area (TPSA) is 52.8 Å². The molecule has 0 aliphatic rings. The molecule has 0 fully saturated rings. The van der Waals surface area contributed by atoms with E-state index in [1.165, 1.54) is 0 Å². The third kappa shape index (κ3) is 2.70. The van der Waals surface area contributed by atoms with Crippen molar-refractivity contribution >= 4 is 11.6 Å². The van der Waals surface area contributed by atoms with Crippen LogP contribution in [0.1, 0.15) is 13.3 Å². The number of hydrogen-bond donors (Lipinski definition) is 0. The van der Waals surface area contributed by atoms with E-state index in [2.05, 4.69) is 22.0 Å². The monoisotopic (exact) mass is 238 g/mol. The maximum absolute atomic E-state index is 5.64. The van der Waals surface area contributed by atoms with Gasteiger partial charge in [-0.1, -0.05) is 6.92 Å². The molecular formula is C10H11ClN4O. The Hall–Kier alpha value is -1.62. The second kappa shape index (κ2) is 4.94. The highest BCUT2D eigenvalue weighted by Gasteiger charge is 2.02. The number of hydrogen-bond acceptors (Lipinski definition) is 4. The summed E-state index contributed by atoms with van der Waals surface area (Å²) in [6, 6.07) is 1.64. The van der Waals surface area contributed by atoms with Crippen molar-refractivity contribution in [3.63, 3.8) is 0 Å². The van der Waals surface area contributed by atoms with E-state index in [-0.39, 0.29) is 5.28 Å². The van der Waals surface area contributed by atoms with Crippen LogP contribution in [0.25, 0.3) is 0 Å². The number of nitrogens with zero attached hydrogens (tertiary/aromatic N) is 4. The first-order valence-corrected chi connectivity index (χ1v) is 5.34. The molecule has 16 heavy (non-hydrogen) atoms. The number of aryl methyl sites for hydroxylation is 1. The molecule has 6 heteroatoms. The molecule has 5 nitrogen and oxygen atoms in total. The predicted octanol–water partition coefficient (Wildman–Crippen LogP) is 2.53. The Balaban J connectivity index is 2.08. The minimum Gasteiger partial charge on any atom is -0.436 e. The van der Waals surface area contributed by atoms with Gasteiger partial charge in [-0.05, 0) is 18.0 Å². The van der Waals surface area contributed by atoms with Crippen molar-refractivity contribution < 1.29 is 4.74 Å². The van der Waals surface area contributed by atoms with Crippen molar-refractivity contribution in [2.75, 3.05) is 0 Å². The number of aromatic nitrogens is 4. The highest BCUT2D eigenvalue weighted by atomic mass is 35.5. The van der Waals surface area contributed by atoms with Gasteiger partial charge in [0.2, 0.25) is 11.2 Å². The van der Waals surface area contributed by atoms with Crippen LogP contribution < -0.4 is 4.74 Å². The van der Waals surface area contributed by atoms with Gasteiger partial charge in [0.25, 0.3) is 0 Å². The number of ether oxygens (including phenoxy) is 1. The van der Waals surface area contributed by atoms with Gasteiger partial charge in [-0.2, -0.15) is 10.1 Å². The molecule has 0 saturated carbocycles. The molecule has 0 spiro atoms. The molecule has 0 saturated heterocycles. The van der Waals surface area contributed by atoms with Gasteiger partial charge in [0.05, 0.1) is 12.4 Å². The molecular weight excluding hydrogens is 228 g/mol. The van der Waals surface area contributed by atoms with Crippen molar-refractivity contribution in [1.29, 1.82) is 0 Å². The van der Waals surface area contributed by atoms with Crippen molar-refractivity contribution in [2.24, 2.45) is 0 Å². The van der Waals surface area contributed by atoms with Crippen LogP contribution in [0, 0.1) is 0 Å². The summed E-state index contributed by atoms with van der Waals surface area (Å²) in [6.45, 7) is 2.96. The lowest BCUT2D eigenvalue weighted by atomic mass is 10.5. The van der Waals surface area contributed by atoms with Crippen LogP contribution in [0.2, 0.25) is 5.28 Å². The van der Waals surface area contributed by atoms with Crippen LogP contribution in [0.5, 0.6) is 11.6 Å². The van der Waals surface area contributed by atoms with Crippen molar-refractivity contribution in [3.05, 3.63) is 29.9 Å². The Bertz CT molecular complexity index is 471. The lowest BCUT2D eigenvalue weighted by Crippen LogP contribution is -1.95. The van der Waals surface area contributed by atoms with Crippen LogP contribution in [0.4, 0.5) is 0 Å². The summed E-state index contributed by atoms with van der Waals surface area (Å²) in [5, 5.41) is 4.31. The van der Waals surface area contributed by atoms with Gasteiger partial charge in [0.1, 0.15) is 0 Å². The molecule has 0 aliphatic carbocycles. The van der Waals surface area contributed by atoms with Crippen LogP contribution in [0.3, 0.4) is 0 Å². The molecule has 0 aromatic carbocycles. The van der Waals surface area contributed by atoms with Crippen molar-refractivity contribution in [1.82, 2.24) is 19.7 Å². The van der Waals surface area contributed by atoms with Gasteiger partial charge >= 0.3 is 0 Å². The molecule has 0 amide bonds. The second-order valence-corrected chi connectivity index (χ2v) is 3.54. The summed E-state index contributed by atoms with van der Waals surface area (Å²) in [5.41, 5.74) is 0. The predicted molar refractivity (Wildman–Crippen MR) is 59.6 cm³/mol. The van der Waals surface area contributed by atoms with Gasteiger partial charge in [-0.25, -0.2) is 4.98 Å². The smallest absolute Gasteiger partial charge is 0.225 e. The first-order chi connectivity index (χ1) is 7.78. The van der Waals surface area contributed by atoms with E-state index in [1.54, 1.807) is 18.5 Å². The van der Waals surface area contributed by atoms with E-state index >= 15 is 0 Å². The normalized spacial score (nSPS) is 10.4. The molecule has 2 aromatic rings. The van der Waals surface area contributed by atoms with E-state index in [0.717, 1.165) is 13.0 Å². The van der Waals surface area contributed by atoms with E-state index in [9.17, 15) is 0 Å². The molecule has 0 atom stereocenters. The fraction of sp³-hybridized carbons (Fsp3) is 0.300. The third-order valence-corrected chi connectivity index (χ3v) is 2.07. The molecule has 2 rings (SSSR count). The molecule has 0 unspecified atom stereocenters. The number of rotatable bonds is 4. The molecule has 0 bridgehead atoms. The van der Waals surface area contributed by atoms with Gasteiger partial charge in [0, 0.05) is 18.8 Å². The Morgan fingerprint density at radius 2 is 2.38 bits per heavy atom.